The topological polar surface area (TPSA) is 41.5 Å². The highest BCUT2D eigenvalue weighted by Crippen LogP contribution is 2.42. The zero-order valence-electron chi connectivity index (χ0n) is 10.3. The number of anilines is 1. The zero-order valence-corrected chi connectivity index (χ0v) is 10.3. The Hall–Kier alpha value is -1.29. The largest absolute Gasteiger partial charge is 0.497 e. The molecule has 1 aliphatic rings. The van der Waals surface area contributed by atoms with Crippen LogP contribution in [-0.2, 0) is 0 Å². The Balaban J connectivity index is 2.14. The molecule has 0 heterocycles. The van der Waals surface area contributed by atoms with E-state index in [1.54, 1.807) is 19.2 Å². The number of hydrogen-bond donors (Lipinski definition) is 2. The number of methoxy groups -OCH3 is 1. The van der Waals surface area contributed by atoms with Crippen LogP contribution in [0.15, 0.2) is 18.2 Å². The Bertz CT molecular complexity index is 420. The lowest BCUT2D eigenvalue weighted by molar-refractivity contribution is -0.0511. The van der Waals surface area contributed by atoms with Gasteiger partial charge in [0.05, 0.1) is 18.9 Å². The molecule has 0 radical (unpaired) electrons. The van der Waals surface area contributed by atoms with E-state index in [2.05, 4.69) is 5.32 Å². The second-order valence-corrected chi connectivity index (χ2v) is 5.12. The smallest absolute Gasteiger partial charge is 0.146 e. The van der Waals surface area contributed by atoms with Gasteiger partial charge >= 0.3 is 0 Å². The molecule has 0 spiro atoms. The van der Waals surface area contributed by atoms with Gasteiger partial charge in [-0.3, -0.25) is 0 Å². The van der Waals surface area contributed by atoms with Crippen LogP contribution >= 0.6 is 0 Å². The number of aliphatic hydroxyl groups is 1. The zero-order chi connectivity index (χ0) is 12.6. The fraction of sp³-hybridized carbons (Fsp3) is 0.538. The molecule has 17 heavy (non-hydrogen) atoms. The van der Waals surface area contributed by atoms with Gasteiger partial charge in [0.25, 0.3) is 0 Å². The van der Waals surface area contributed by atoms with E-state index < -0.39 is 0 Å². The Morgan fingerprint density at radius 1 is 1.47 bits per heavy atom. The van der Waals surface area contributed by atoms with Crippen LogP contribution in [0.3, 0.4) is 0 Å². The number of nitrogens with one attached hydrogen (secondary N) is 1. The Kier molecular flexibility index (Phi) is 3.00. The lowest BCUT2D eigenvalue weighted by atomic mass is 9.64. The van der Waals surface area contributed by atoms with Gasteiger partial charge < -0.3 is 15.2 Å². The van der Waals surface area contributed by atoms with Gasteiger partial charge in [-0.25, -0.2) is 4.39 Å². The molecule has 1 saturated carbocycles. The molecule has 1 aromatic carbocycles. The summed E-state index contributed by atoms with van der Waals surface area (Å²) >= 11 is 0. The molecule has 3 nitrogen and oxygen atoms in total. The lowest BCUT2D eigenvalue weighted by Gasteiger charge is -2.49. The molecule has 94 valence electrons. The highest BCUT2D eigenvalue weighted by atomic mass is 19.1. The minimum atomic E-state index is -0.325. The molecule has 0 aromatic heterocycles. The van der Waals surface area contributed by atoms with E-state index in [0.29, 0.717) is 17.9 Å². The first-order valence-corrected chi connectivity index (χ1v) is 5.73. The van der Waals surface area contributed by atoms with Gasteiger partial charge in [-0.05, 0) is 18.6 Å². The molecular formula is C13H18FNO2. The Labute approximate surface area is 101 Å². The third-order valence-electron chi connectivity index (χ3n) is 3.72. The minimum Gasteiger partial charge on any atom is -0.497 e. The van der Waals surface area contributed by atoms with Gasteiger partial charge in [0.1, 0.15) is 11.6 Å². The fourth-order valence-electron chi connectivity index (χ4n) is 2.08. The monoisotopic (exact) mass is 239 g/mol. The maximum Gasteiger partial charge on any atom is 0.146 e. The van der Waals surface area contributed by atoms with E-state index in [1.807, 2.05) is 13.8 Å². The average Bonchev–Trinajstić information content (AvgIpc) is 2.31. The molecule has 4 heteroatoms. The fourth-order valence-corrected chi connectivity index (χ4v) is 2.08. The summed E-state index contributed by atoms with van der Waals surface area (Å²) in [7, 11) is 1.55. The van der Waals surface area contributed by atoms with Crippen molar-refractivity contribution in [1.29, 1.82) is 0 Å². The molecule has 1 aliphatic carbocycles. The van der Waals surface area contributed by atoms with E-state index in [1.165, 1.54) is 6.07 Å². The number of aliphatic hydroxyl groups excluding tert-OH is 1. The van der Waals surface area contributed by atoms with Crippen LogP contribution in [0.25, 0.3) is 0 Å². The first-order chi connectivity index (χ1) is 7.95. The van der Waals surface area contributed by atoms with Crippen LogP contribution in [0, 0.1) is 11.2 Å². The quantitative estimate of drug-likeness (QED) is 0.851. The summed E-state index contributed by atoms with van der Waals surface area (Å²) in [5, 5.41) is 12.8. The third-order valence-corrected chi connectivity index (χ3v) is 3.72. The number of hydrogen-bond acceptors (Lipinski definition) is 3. The van der Waals surface area contributed by atoms with Gasteiger partial charge in [-0.2, -0.15) is 0 Å². The van der Waals surface area contributed by atoms with Crippen LogP contribution < -0.4 is 10.1 Å². The van der Waals surface area contributed by atoms with Crippen molar-refractivity contribution < 1.29 is 14.2 Å². The minimum absolute atomic E-state index is 0.0825. The first-order valence-electron chi connectivity index (χ1n) is 5.73. The van der Waals surface area contributed by atoms with Gasteiger partial charge in [-0.1, -0.05) is 13.8 Å². The van der Waals surface area contributed by atoms with Gasteiger partial charge in [0.15, 0.2) is 0 Å². The molecule has 0 saturated heterocycles. The second kappa shape index (κ2) is 4.18. The maximum atomic E-state index is 13.6. The summed E-state index contributed by atoms with van der Waals surface area (Å²) in [4.78, 5) is 0. The number of rotatable bonds is 3. The molecule has 2 atom stereocenters. The second-order valence-electron chi connectivity index (χ2n) is 5.12. The van der Waals surface area contributed by atoms with Crippen molar-refractivity contribution in [1.82, 2.24) is 0 Å². The average molecular weight is 239 g/mol. The van der Waals surface area contributed by atoms with Gasteiger partial charge in [0, 0.05) is 17.5 Å². The van der Waals surface area contributed by atoms with Crippen LogP contribution in [0.2, 0.25) is 0 Å². The third kappa shape index (κ3) is 2.09. The van der Waals surface area contributed by atoms with Gasteiger partial charge in [-0.15, -0.1) is 0 Å². The molecule has 2 N–H and O–H groups in total. The molecule has 0 amide bonds. The predicted molar refractivity (Wildman–Crippen MR) is 64.8 cm³/mol. The summed E-state index contributed by atoms with van der Waals surface area (Å²) in [5.74, 6) is 0.314. The van der Waals surface area contributed by atoms with Crippen LogP contribution in [0.4, 0.5) is 10.1 Å². The summed E-state index contributed by atoms with van der Waals surface area (Å²) < 4.78 is 18.7. The van der Waals surface area contributed by atoms with E-state index in [0.717, 1.165) is 0 Å². The van der Waals surface area contributed by atoms with Crippen molar-refractivity contribution in [3.63, 3.8) is 0 Å². The van der Waals surface area contributed by atoms with Crippen molar-refractivity contribution in [3.05, 3.63) is 24.0 Å². The highest BCUT2D eigenvalue weighted by molar-refractivity contribution is 5.51. The molecular weight excluding hydrogens is 221 g/mol. The van der Waals surface area contributed by atoms with Crippen molar-refractivity contribution in [2.24, 2.45) is 5.41 Å². The van der Waals surface area contributed by atoms with E-state index in [-0.39, 0.29) is 23.4 Å². The standard InChI is InChI=1S/C13H18FNO2/c1-13(2)11(7-12(13)16)15-10-6-8(17-3)4-5-9(10)14/h4-6,11-12,15-16H,7H2,1-3H3. The van der Waals surface area contributed by atoms with Crippen molar-refractivity contribution in [3.8, 4) is 5.75 Å². The molecule has 0 bridgehead atoms. The SMILES string of the molecule is COc1ccc(F)c(NC2CC(O)C2(C)C)c1. The molecule has 1 fully saturated rings. The van der Waals surface area contributed by atoms with Gasteiger partial charge in [0.2, 0.25) is 0 Å². The van der Waals surface area contributed by atoms with Crippen LogP contribution in [-0.4, -0.2) is 24.4 Å². The summed E-state index contributed by atoms with van der Waals surface area (Å²) in [6.45, 7) is 3.94. The Morgan fingerprint density at radius 3 is 2.71 bits per heavy atom. The van der Waals surface area contributed by atoms with E-state index >= 15 is 0 Å². The van der Waals surface area contributed by atoms with Crippen LogP contribution in [0.5, 0.6) is 5.75 Å². The van der Waals surface area contributed by atoms with Crippen LogP contribution in [0.1, 0.15) is 20.3 Å². The number of halogens is 1. The molecule has 2 rings (SSSR count). The van der Waals surface area contributed by atoms with E-state index in [9.17, 15) is 9.50 Å². The Morgan fingerprint density at radius 2 is 2.18 bits per heavy atom. The first kappa shape index (κ1) is 12.2. The van der Waals surface area contributed by atoms with Crippen molar-refractivity contribution in [2.75, 3.05) is 12.4 Å². The molecule has 2 unspecified atom stereocenters. The van der Waals surface area contributed by atoms with Crippen molar-refractivity contribution >= 4 is 5.69 Å². The predicted octanol–water partition coefficient (Wildman–Crippen LogP) is 2.41. The number of benzene rings is 1. The molecule has 0 aliphatic heterocycles. The summed E-state index contributed by atoms with van der Waals surface area (Å²) in [6, 6.07) is 4.68. The van der Waals surface area contributed by atoms with Crippen molar-refractivity contribution in [2.45, 2.75) is 32.4 Å². The van der Waals surface area contributed by atoms with E-state index in [4.69, 9.17) is 4.74 Å². The normalized spacial score (nSPS) is 26.2. The summed E-state index contributed by atoms with van der Waals surface area (Å²) in [6.07, 6.45) is 0.317. The lowest BCUT2D eigenvalue weighted by Crippen LogP contribution is -2.57. The molecule has 1 aromatic rings. The maximum absolute atomic E-state index is 13.6. The highest BCUT2D eigenvalue weighted by Gasteiger charge is 2.47. The number of ether oxygens (including phenoxy) is 1. The summed E-state index contributed by atoms with van der Waals surface area (Å²) in [5.41, 5.74) is 0.199.